The Bertz CT molecular complexity index is 497. The minimum Gasteiger partial charge on any atom is -0.476 e. The molecule has 2 rings (SSSR count). The molecule has 17 heavy (non-hydrogen) atoms. The van der Waals surface area contributed by atoms with Gasteiger partial charge in [0.25, 0.3) is 0 Å². The van der Waals surface area contributed by atoms with Gasteiger partial charge in [0, 0.05) is 12.6 Å². The number of hydrogen-bond acceptors (Lipinski definition) is 6. The lowest BCUT2D eigenvalue weighted by Gasteiger charge is -2.09. The largest absolute Gasteiger partial charge is 0.476 e. The van der Waals surface area contributed by atoms with Crippen molar-refractivity contribution in [3.8, 4) is 5.88 Å². The fourth-order valence-corrected chi connectivity index (χ4v) is 2.23. The summed E-state index contributed by atoms with van der Waals surface area (Å²) in [6.45, 7) is 7.56. The van der Waals surface area contributed by atoms with Gasteiger partial charge in [-0.25, -0.2) is 9.97 Å². The van der Waals surface area contributed by atoms with Crippen molar-refractivity contribution in [3.05, 3.63) is 12.0 Å². The molecule has 0 bridgehead atoms. The monoisotopic (exact) mass is 252 g/mol. The SMILES string of the molecule is Cc1nsc2ncnc(OCCNC(C)C)c12. The molecule has 0 atom stereocenters. The maximum Gasteiger partial charge on any atom is 0.227 e. The number of hydrogen-bond donors (Lipinski definition) is 1. The van der Waals surface area contributed by atoms with Gasteiger partial charge in [-0.05, 0) is 18.5 Å². The van der Waals surface area contributed by atoms with Crippen molar-refractivity contribution in [3.63, 3.8) is 0 Å². The molecule has 0 saturated carbocycles. The number of fused-ring (bicyclic) bond motifs is 1. The summed E-state index contributed by atoms with van der Waals surface area (Å²) in [5, 5.41) is 4.22. The summed E-state index contributed by atoms with van der Waals surface area (Å²) in [4.78, 5) is 9.21. The molecule has 2 aromatic heterocycles. The van der Waals surface area contributed by atoms with Gasteiger partial charge < -0.3 is 10.1 Å². The molecule has 0 unspecified atom stereocenters. The van der Waals surface area contributed by atoms with E-state index in [0.29, 0.717) is 18.5 Å². The highest BCUT2D eigenvalue weighted by Gasteiger charge is 2.10. The third kappa shape index (κ3) is 2.89. The van der Waals surface area contributed by atoms with Crippen molar-refractivity contribution >= 4 is 21.7 Å². The number of nitrogens with zero attached hydrogens (tertiary/aromatic N) is 3. The molecule has 0 radical (unpaired) electrons. The van der Waals surface area contributed by atoms with Crippen LogP contribution in [0.3, 0.4) is 0 Å². The van der Waals surface area contributed by atoms with E-state index in [1.54, 1.807) is 0 Å². The van der Waals surface area contributed by atoms with Crippen molar-refractivity contribution in [1.29, 1.82) is 0 Å². The van der Waals surface area contributed by atoms with E-state index in [4.69, 9.17) is 4.74 Å². The standard InChI is InChI=1S/C11H16N4OS/c1-7(2)12-4-5-16-10-9-8(3)15-17-11(9)14-6-13-10/h6-7,12H,4-5H2,1-3H3. The van der Waals surface area contributed by atoms with Crippen LogP contribution in [0.15, 0.2) is 6.33 Å². The molecule has 2 heterocycles. The Kier molecular flexibility index (Phi) is 3.86. The molecule has 0 amide bonds. The van der Waals surface area contributed by atoms with Crippen molar-refractivity contribution in [1.82, 2.24) is 19.7 Å². The first kappa shape index (κ1) is 12.2. The molecule has 0 aliphatic carbocycles. The van der Waals surface area contributed by atoms with Gasteiger partial charge in [0.2, 0.25) is 5.88 Å². The second-order valence-electron chi connectivity index (χ2n) is 4.08. The Morgan fingerprint density at radius 3 is 3.00 bits per heavy atom. The Morgan fingerprint density at radius 1 is 1.41 bits per heavy atom. The summed E-state index contributed by atoms with van der Waals surface area (Å²) >= 11 is 1.38. The molecule has 92 valence electrons. The summed E-state index contributed by atoms with van der Waals surface area (Å²) in [7, 11) is 0. The van der Waals surface area contributed by atoms with E-state index in [1.807, 2.05) is 6.92 Å². The molecule has 0 aliphatic rings. The van der Waals surface area contributed by atoms with Crippen LogP contribution in [-0.2, 0) is 0 Å². The van der Waals surface area contributed by atoms with E-state index in [2.05, 4.69) is 33.5 Å². The van der Waals surface area contributed by atoms with Crippen LogP contribution >= 0.6 is 11.5 Å². The van der Waals surface area contributed by atoms with Gasteiger partial charge in [-0.3, -0.25) is 0 Å². The average Bonchev–Trinajstić information content (AvgIpc) is 2.67. The van der Waals surface area contributed by atoms with E-state index in [9.17, 15) is 0 Å². The van der Waals surface area contributed by atoms with E-state index >= 15 is 0 Å². The quantitative estimate of drug-likeness (QED) is 0.822. The van der Waals surface area contributed by atoms with Crippen LogP contribution in [0.4, 0.5) is 0 Å². The smallest absolute Gasteiger partial charge is 0.227 e. The zero-order valence-corrected chi connectivity index (χ0v) is 11.0. The fraction of sp³-hybridized carbons (Fsp3) is 0.545. The Morgan fingerprint density at radius 2 is 2.24 bits per heavy atom. The first-order valence-corrected chi connectivity index (χ1v) is 6.39. The molecule has 0 saturated heterocycles. The zero-order valence-electron chi connectivity index (χ0n) is 10.2. The van der Waals surface area contributed by atoms with Gasteiger partial charge in [-0.2, -0.15) is 4.37 Å². The lowest BCUT2D eigenvalue weighted by atomic mass is 10.3. The van der Waals surface area contributed by atoms with Crippen molar-refractivity contribution in [2.24, 2.45) is 0 Å². The molecular weight excluding hydrogens is 236 g/mol. The summed E-state index contributed by atoms with van der Waals surface area (Å²) in [6.07, 6.45) is 1.52. The minimum atomic E-state index is 0.466. The second kappa shape index (κ2) is 5.37. The van der Waals surface area contributed by atoms with E-state index in [1.165, 1.54) is 17.9 Å². The highest BCUT2D eigenvalue weighted by molar-refractivity contribution is 7.13. The van der Waals surface area contributed by atoms with E-state index in [-0.39, 0.29) is 0 Å². The number of rotatable bonds is 5. The summed E-state index contributed by atoms with van der Waals surface area (Å²) in [5.41, 5.74) is 0.928. The number of nitrogens with one attached hydrogen (secondary N) is 1. The molecule has 0 aromatic carbocycles. The van der Waals surface area contributed by atoms with Crippen LogP contribution in [-0.4, -0.2) is 33.5 Å². The Labute approximate surface area is 104 Å². The molecule has 5 nitrogen and oxygen atoms in total. The minimum absolute atomic E-state index is 0.466. The molecule has 1 N–H and O–H groups in total. The van der Waals surface area contributed by atoms with Gasteiger partial charge in [0.05, 0.1) is 11.1 Å². The van der Waals surface area contributed by atoms with Crippen LogP contribution in [0.2, 0.25) is 0 Å². The lowest BCUT2D eigenvalue weighted by molar-refractivity contribution is 0.301. The topological polar surface area (TPSA) is 59.9 Å². The average molecular weight is 252 g/mol. The summed E-state index contributed by atoms with van der Waals surface area (Å²) in [6, 6.07) is 0.466. The third-order valence-electron chi connectivity index (χ3n) is 2.30. The molecule has 0 aliphatic heterocycles. The summed E-state index contributed by atoms with van der Waals surface area (Å²) in [5.74, 6) is 0.631. The fourth-order valence-electron chi connectivity index (χ4n) is 1.50. The van der Waals surface area contributed by atoms with Crippen LogP contribution in [0.5, 0.6) is 5.88 Å². The molecule has 6 heteroatoms. The van der Waals surface area contributed by atoms with Crippen LogP contribution in [0, 0.1) is 6.92 Å². The number of aromatic nitrogens is 3. The second-order valence-corrected chi connectivity index (χ2v) is 4.84. The lowest BCUT2D eigenvalue weighted by Crippen LogP contribution is -2.27. The predicted molar refractivity (Wildman–Crippen MR) is 68.6 cm³/mol. The molecular formula is C11H16N4OS. The Balaban J connectivity index is 2.05. The predicted octanol–water partition coefficient (Wildman–Crippen LogP) is 1.77. The first-order chi connectivity index (χ1) is 8.18. The van der Waals surface area contributed by atoms with Crippen molar-refractivity contribution < 1.29 is 4.74 Å². The highest BCUT2D eigenvalue weighted by atomic mass is 32.1. The number of aryl methyl sites for hydroxylation is 1. The zero-order chi connectivity index (χ0) is 12.3. The Hall–Kier alpha value is -1.27. The third-order valence-corrected chi connectivity index (χ3v) is 3.15. The highest BCUT2D eigenvalue weighted by Crippen LogP contribution is 2.26. The molecule has 0 fully saturated rings. The maximum atomic E-state index is 5.66. The molecule has 2 aromatic rings. The van der Waals surface area contributed by atoms with Gasteiger partial charge in [0.15, 0.2) is 4.83 Å². The van der Waals surface area contributed by atoms with Gasteiger partial charge in [0.1, 0.15) is 12.9 Å². The summed E-state index contributed by atoms with van der Waals surface area (Å²) < 4.78 is 9.92. The van der Waals surface area contributed by atoms with Crippen LogP contribution < -0.4 is 10.1 Å². The normalized spacial score (nSPS) is 11.3. The van der Waals surface area contributed by atoms with E-state index < -0.39 is 0 Å². The van der Waals surface area contributed by atoms with Crippen molar-refractivity contribution in [2.75, 3.05) is 13.2 Å². The van der Waals surface area contributed by atoms with E-state index in [0.717, 1.165) is 22.5 Å². The molecule has 0 spiro atoms. The van der Waals surface area contributed by atoms with Crippen molar-refractivity contribution in [2.45, 2.75) is 26.8 Å². The van der Waals surface area contributed by atoms with Crippen LogP contribution in [0.1, 0.15) is 19.5 Å². The van der Waals surface area contributed by atoms with Gasteiger partial charge in [-0.1, -0.05) is 13.8 Å². The maximum absolute atomic E-state index is 5.66. The first-order valence-electron chi connectivity index (χ1n) is 5.61. The van der Waals surface area contributed by atoms with Crippen LogP contribution in [0.25, 0.3) is 10.2 Å². The van der Waals surface area contributed by atoms with Gasteiger partial charge >= 0.3 is 0 Å². The number of ether oxygens (including phenoxy) is 1. The van der Waals surface area contributed by atoms with Gasteiger partial charge in [-0.15, -0.1) is 0 Å².